The van der Waals surface area contributed by atoms with Crippen LogP contribution in [0.3, 0.4) is 0 Å². The van der Waals surface area contributed by atoms with Crippen LogP contribution in [0.5, 0.6) is 0 Å². The summed E-state index contributed by atoms with van der Waals surface area (Å²) in [6.45, 7) is 2.21. The largest absolute Gasteiger partial charge is 0.151 e. The predicted octanol–water partition coefficient (Wildman–Crippen LogP) is 2.52. The molecule has 0 aliphatic rings. The van der Waals surface area contributed by atoms with E-state index >= 15 is 0 Å². The molecule has 0 aliphatic carbocycles. The summed E-state index contributed by atoms with van der Waals surface area (Å²) in [5, 5.41) is 0. The van der Waals surface area contributed by atoms with Gasteiger partial charge in [-0.15, -0.1) is 0 Å². The molecule has 6 heavy (non-hydrogen) atoms. The van der Waals surface area contributed by atoms with Crippen molar-refractivity contribution in [1.82, 2.24) is 0 Å². The lowest BCUT2D eigenvalue weighted by atomic mass is 10.6. The van der Waals surface area contributed by atoms with E-state index in [1.807, 2.05) is 11.8 Å². The van der Waals surface area contributed by atoms with E-state index in [-0.39, 0.29) is 0 Å². The second kappa shape index (κ2) is 6.08. The highest BCUT2D eigenvalue weighted by molar-refractivity contribution is 14.1. The molecule has 0 bridgehead atoms. The molecule has 0 saturated heterocycles. The molecule has 0 radical (unpaired) electrons. The number of halogens is 1. The Morgan fingerprint density at radius 3 is 2.50 bits per heavy atom. The third-order valence-corrected chi connectivity index (χ3v) is 2.60. The van der Waals surface area contributed by atoms with Gasteiger partial charge in [-0.2, -0.15) is 11.8 Å². The van der Waals surface area contributed by atoms with Crippen LogP contribution in [-0.4, -0.2) is 9.51 Å². The van der Waals surface area contributed by atoms with E-state index in [1.54, 1.807) is 0 Å². The molecule has 0 unspecified atom stereocenters. The van der Waals surface area contributed by atoms with E-state index in [9.17, 15) is 0 Å². The molecule has 0 atom stereocenters. The van der Waals surface area contributed by atoms with Gasteiger partial charge in [0.2, 0.25) is 0 Å². The molecule has 0 N–H and O–H groups in total. The lowest BCUT2D eigenvalue weighted by Crippen LogP contribution is -1.69. The summed E-state index contributed by atoms with van der Waals surface area (Å²) in [4.78, 5) is 0. The van der Waals surface area contributed by atoms with Crippen molar-refractivity contribution in [3.63, 3.8) is 0 Å². The van der Waals surface area contributed by atoms with Crippen molar-refractivity contribution in [3.8, 4) is 0 Å². The Morgan fingerprint density at radius 1 is 1.67 bits per heavy atom. The lowest BCUT2D eigenvalue weighted by Gasteiger charge is -1.85. The maximum absolute atomic E-state index is 2.37. The van der Waals surface area contributed by atoms with Gasteiger partial charge >= 0.3 is 0 Å². The van der Waals surface area contributed by atoms with Crippen LogP contribution in [-0.2, 0) is 0 Å². The van der Waals surface area contributed by atoms with Gasteiger partial charge in [-0.1, -0.05) is 29.5 Å². The van der Waals surface area contributed by atoms with Crippen LogP contribution < -0.4 is 0 Å². The van der Waals surface area contributed by atoms with Gasteiger partial charge in [0.15, 0.2) is 0 Å². The molecule has 0 nitrogen and oxygen atoms in total. The molecule has 0 aliphatic heterocycles. The van der Waals surface area contributed by atoms with Crippen molar-refractivity contribution in [3.05, 3.63) is 0 Å². The van der Waals surface area contributed by atoms with E-state index in [0.717, 1.165) is 0 Å². The van der Waals surface area contributed by atoms with Gasteiger partial charge in [0.1, 0.15) is 0 Å². The van der Waals surface area contributed by atoms with E-state index in [0.29, 0.717) is 0 Å². The van der Waals surface area contributed by atoms with Crippen LogP contribution in [0, 0.1) is 0 Å². The van der Waals surface area contributed by atoms with Gasteiger partial charge in [0.05, 0.1) is 0 Å². The maximum Gasteiger partial charge on any atom is 0.0454 e. The molecule has 0 aromatic carbocycles. The fraction of sp³-hybridized carbons (Fsp3) is 1.00. The van der Waals surface area contributed by atoms with Crippen molar-refractivity contribution >= 4 is 34.4 Å². The summed E-state index contributed by atoms with van der Waals surface area (Å²) in [5.41, 5.74) is 0. The highest BCUT2D eigenvalue weighted by atomic mass is 127. The normalized spacial score (nSPS) is 9.00. The number of rotatable bonds is 3. The standard InChI is InChI=1S/C4H9IS/c1-2-3-6-4-5/h2-4H2,1H3. The maximum atomic E-state index is 2.37. The zero-order valence-electron chi connectivity index (χ0n) is 3.91. The van der Waals surface area contributed by atoms with Crippen LogP contribution >= 0.6 is 34.4 Å². The van der Waals surface area contributed by atoms with E-state index in [4.69, 9.17) is 0 Å². The summed E-state index contributed by atoms with van der Waals surface area (Å²) in [7, 11) is 0. The highest BCUT2D eigenvalue weighted by Gasteiger charge is 1.76. The molecule has 0 spiro atoms. The zero-order valence-corrected chi connectivity index (χ0v) is 6.88. The average molecular weight is 216 g/mol. The second-order valence-electron chi connectivity index (χ2n) is 1.02. The first-order valence-electron chi connectivity index (χ1n) is 2.05. The molecule has 0 saturated carbocycles. The van der Waals surface area contributed by atoms with Crippen molar-refractivity contribution in [2.75, 3.05) is 9.51 Å². The summed E-state index contributed by atoms with van der Waals surface area (Å²) in [5.74, 6) is 1.32. The minimum atomic E-state index is 1.24. The topological polar surface area (TPSA) is 0 Å². The second-order valence-corrected chi connectivity index (χ2v) is 3.92. The van der Waals surface area contributed by atoms with E-state index in [2.05, 4.69) is 29.5 Å². The Kier molecular flexibility index (Phi) is 7.17. The number of hydrogen-bond acceptors (Lipinski definition) is 1. The quantitative estimate of drug-likeness (QED) is 0.397. The summed E-state index contributed by atoms with van der Waals surface area (Å²) >= 11 is 4.37. The number of alkyl halides is 1. The first-order chi connectivity index (χ1) is 2.91. The molecular weight excluding hydrogens is 207 g/mol. The smallest absolute Gasteiger partial charge is 0.0454 e. The first-order valence-corrected chi connectivity index (χ1v) is 4.73. The lowest BCUT2D eigenvalue weighted by molar-refractivity contribution is 1.11. The Labute approximate surface area is 57.2 Å². The van der Waals surface area contributed by atoms with Gasteiger partial charge < -0.3 is 0 Å². The molecule has 0 aromatic heterocycles. The molecule has 0 rings (SSSR count). The molecule has 0 heterocycles. The van der Waals surface area contributed by atoms with Crippen LogP contribution in [0.2, 0.25) is 0 Å². The predicted molar refractivity (Wildman–Crippen MR) is 41.6 cm³/mol. The summed E-state index contributed by atoms with van der Waals surface area (Å²) in [6.07, 6.45) is 1.31. The Hall–Kier alpha value is 1.08. The van der Waals surface area contributed by atoms with E-state index in [1.165, 1.54) is 15.9 Å². The molecule has 0 fully saturated rings. The van der Waals surface area contributed by atoms with Crippen LogP contribution in [0.4, 0.5) is 0 Å². The van der Waals surface area contributed by atoms with Crippen molar-refractivity contribution < 1.29 is 0 Å². The average Bonchev–Trinajstić information content (AvgIpc) is 1.61. The summed E-state index contributed by atoms with van der Waals surface area (Å²) in [6, 6.07) is 0. The summed E-state index contributed by atoms with van der Waals surface area (Å²) < 4.78 is 1.24. The van der Waals surface area contributed by atoms with Crippen molar-refractivity contribution in [2.24, 2.45) is 0 Å². The molecular formula is C4H9IS. The third-order valence-electron chi connectivity index (χ3n) is 0.426. The number of hydrogen-bond donors (Lipinski definition) is 0. The zero-order chi connectivity index (χ0) is 4.83. The molecule has 0 aromatic rings. The SMILES string of the molecule is CCCSCI. The Morgan fingerprint density at radius 2 is 2.33 bits per heavy atom. The fourth-order valence-electron chi connectivity index (χ4n) is 0.199. The third kappa shape index (κ3) is 5.08. The minimum absolute atomic E-state index is 1.24. The van der Waals surface area contributed by atoms with Gasteiger partial charge in [-0.3, -0.25) is 0 Å². The minimum Gasteiger partial charge on any atom is -0.151 e. The fourth-order valence-corrected chi connectivity index (χ4v) is 1.53. The van der Waals surface area contributed by atoms with E-state index < -0.39 is 0 Å². The Balaban J connectivity index is 2.34. The first kappa shape index (κ1) is 7.08. The van der Waals surface area contributed by atoms with Crippen LogP contribution in [0.25, 0.3) is 0 Å². The van der Waals surface area contributed by atoms with Gasteiger partial charge in [0.25, 0.3) is 0 Å². The van der Waals surface area contributed by atoms with Gasteiger partial charge in [-0.05, 0) is 12.2 Å². The number of thioether (sulfide) groups is 1. The molecule has 2 heteroatoms. The van der Waals surface area contributed by atoms with Crippen LogP contribution in [0.1, 0.15) is 13.3 Å². The van der Waals surface area contributed by atoms with Gasteiger partial charge in [0, 0.05) is 3.76 Å². The van der Waals surface area contributed by atoms with Crippen molar-refractivity contribution in [2.45, 2.75) is 13.3 Å². The highest BCUT2D eigenvalue weighted by Crippen LogP contribution is 2.04. The molecule has 38 valence electrons. The monoisotopic (exact) mass is 216 g/mol. The van der Waals surface area contributed by atoms with Gasteiger partial charge in [-0.25, -0.2) is 0 Å². The molecule has 0 amide bonds. The Bertz CT molecular complexity index is 19.5. The van der Waals surface area contributed by atoms with Crippen LogP contribution in [0.15, 0.2) is 0 Å². The van der Waals surface area contributed by atoms with Crippen molar-refractivity contribution in [1.29, 1.82) is 0 Å².